The molecule has 0 unspecified atom stereocenters. The molecule has 0 spiro atoms. The Labute approximate surface area is 195 Å². The average molecular weight is 466 g/mol. The molecule has 0 saturated heterocycles. The minimum absolute atomic E-state index is 0.262. The topological polar surface area (TPSA) is 84.0 Å². The highest BCUT2D eigenvalue weighted by atomic mass is 32.1. The average Bonchev–Trinajstić information content (AvgIpc) is 3.25. The van der Waals surface area contributed by atoms with E-state index in [2.05, 4.69) is 9.72 Å². The molecule has 0 atom stereocenters. The number of carbonyl (C=O) groups excluding carboxylic acids is 2. The first kappa shape index (κ1) is 23.7. The van der Waals surface area contributed by atoms with Crippen molar-refractivity contribution in [2.45, 2.75) is 13.5 Å². The maximum Gasteiger partial charge on any atom is 0.336 e. The fraction of sp³-hybridized carbons (Fsp3) is 0.160. The van der Waals surface area contributed by atoms with Crippen LogP contribution in [0.2, 0.25) is 0 Å². The van der Waals surface area contributed by atoms with E-state index in [0.29, 0.717) is 23.7 Å². The van der Waals surface area contributed by atoms with Crippen LogP contribution in [0.15, 0.2) is 60.0 Å². The fourth-order valence-corrected chi connectivity index (χ4v) is 3.35. The van der Waals surface area contributed by atoms with Gasteiger partial charge in [0.15, 0.2) is 11.5 Å². The first-order chi connectivity index (χ1) is 16.0. The number of hydrogen-bond donors (Lipinski definition) is 0. The Hall–Kier alpha value is -3.91. The Morgan fingerprint density at radius 1 is 0.970 bits per heavy atom. The van der Waals surface area contributed by atoms with Gasteiger partial charge in [-0.1, -0.05) is 18.2 Å². The molecule has 0 saturated carbocycles. The van der Waals surface area contributed by atoms with E-state index >= 15 is 0 Å². The van der Waals surface area contributed by atoms with Gasteiger partial charge < -0.3 is 18.9 Å². The van der Waals surface area contributed by atoms with Crippen molar-refractivity contribution in [1.29, 1.82) is 0 Å². The molecule has 0 fully saturated rings. The van der Waals surface area contributed by atoms with Crippen LogP contribution in [0.25, 0.3) is 12.2 Å². The van der Waals surface area contributed by atoms with Gasteiger partial charge in [0.25, 0.3) is 0 Å². The number of aromatic nitrogens is 1. The number of methoxy groups -OCH3 is 2. The molecule has 0 amide bonds. The maximum atomic E-state index is 12.3. The normalized spacial score (nSPS) is 11.0. The van der Waals surface area contributed by atoms with Gasteiger partial charge in [-0.05, 0) is 54.5 Å². The van der Waals surface area contributed by atoms with E-state index in [0.717, 1.165) is 16.3 Å². The fourth-order valence-electron chi connectivity index (χ4n) is 2.75. The summed E-state index contributed by atoms with van der Waals surface area (Å²) in [6, 6.07) is 12.3. The molecule has 0 aliphatic rings. The van der Waals surface area contributed by atoms with Crippen LogP contribution in [0.1, 0.15) is 21.8 Å². The van der Waals surface area contributed by atoms with Gasteiger partial charge in [0.05, 0.1) is 24.9 Å². The van der Waals surface area contributed by atoms with Crippen molar-refractivity contribution in [1.82, 2.24) is 4.98 Å². The lowest BCUT2D eigenvalue weighted by Gasteiger charge is -2.09. The largest absolute Gasteiger partial charge is 0.493 e. The second-order valence-electron chi connectivity index (χ2n) is 6.74. The van der Waals surface area contributed by atoms with E-state index in [-0.39, 0.29) is 5.75 Å². The number of esters is 2. The van der Waals surface area contributed by atoms with Crippen molar-refractivity contribution < 1.29 is 28.5 Å². The Morgan fingerprint density at radius 3 is 2.42 bits per heavy atom. The van der Waals surface area contributed by atoms with Crippen molar-refractivity contribution in [2.75, 3.05) is 14.2 Å². The van der Waals surface area contributed by atoms with Gasteiger partial charge in [0.1, 0.15) is 12.4 Å². The number of benzene rings is 2. The quantitative estimate of drug-likeness (QED) is 0.254. The molecule has 0 aliphatic carbocycles. The van der Waals surface area contributed by atoms with E-state index in [1.165, 1.54) is 26.4 Å². The number of ether oxygens (including phenoxy) is 4. The van der Waals surface area contributed by atoms with Gasteiger partial charge in [-0.25, -0.2) is 14.6 Å². The Kier molecular flexibility index (Phi) is 8.37. The summed E-state index contributed by atoms with van der Waals surface area (Å²) >= 11 is 1.58. The first-order valence-electron chi connectivity index (χ1n) is 9.94. The van der Waals surface area contributed by atoms with Gasteiger partial charge in [-0.2, -0.15) is 0 Å². The summed E-state index contributed by atoms with van der Waals surface area (Å²) in [5.74, 6) is 0.264. The molecular formula is C25H23NO6S. The van der Waals surface area contributed by atoms with Crippen LogP contribution < -0.4 is 14.2 Å². The molecule has 0 bridgehead atoms. The predicted octanol–water partition coefficient (Wildman–Crippen LogP) is 4.84. The Balaban J connectivity index is 1.61. The number of aryl methyl sites for hydroxylation is 1. The van der Waals surface area contributed by atoms with Crippen molar-refractivity contribution in [3.63, 3.8) is 0 Å². The molecule has 33 heavy (non-hydrogen) atoms. The molecule has 3 rings (SSSR count). The lowest BCUT2D eigenvalue weighted by molar-refractivity contribution is -0.134. The van der Waals surface area contributed by atoms with Crippen LogP contribution in [0.4, 0.5) is 0 Å². The van der Waals surface area contributed by atoms with Crippen molar-refractivity contribution in [3.05, 3.63) is 81.8 Å². The standard InChI is InChI=1S/C25H23NO6S/c1-17-26-20(16-33-17)15-31-21-6-4-5-18(13-21)9-12-25(28)32-22-10-7-19(14-23(22)29-2)8-11-24(27)30-3/h4-14,16H,15H2,1-3H3/b11-8+,12-9+. The number of rotatable bonds is 9. The minimum Gasteiger partial charge on any atom is -0.493 e. The van der Waals surface area contributed by atoms with Gasteiger partial charge in [-0.15, -0.1) is 11.3 Å². The van der Waals surface area contributed by atoms with E-state index < -0.39 is 11.9 Å². The lowest BCUT2D eigenvalue weighted by atomic mass is 10.2. The molecule has 170 valence electrons. The molecule has 0 radical (unpaired) electrons. The van der Waals surface area contributed by atoms with E-state index in [1.54, 1.807) is 41.7 Å². The summed E-state index contributed by atoms with van der Waals surface area (Å²) in [6.07, 6.45) is 5.83. The summed E-state index contributed by atoms with van der Waals surface area (Å²) in [5.41, 5.74) is 2.36. The molecule has 8 heteroatoms. The molecule has 2 aromatic carbocycles. The number of thiazole rings is 1. The molecule has 1 aromatic heterocycles. The molecule has 3 aromatic rings. The third kappa shape index (κ3) is 7.33. The zero-order valence-electron chi connectivity index (χ0n) is 18.4. The van der Waals surface area contributed by atoms with E-state index in [9.17, 15) is 9.59 Å². The van der Waals surface area contributed by atoms with Crippen LogP contribution in [0.5, 0.6) is 17.2 Å². The van der Waals surface area contributed by atoms with Crippen LogP contribution in [0.3, 0.4) is 0 Å². The van der Waals surface area contributed by atoms with Crippen molar-refractivity contribution >= 4 is 35.4 Å². The second-order valence-corrected chi connectivity index (χ2v) is 7.80. The zero-order valence-corrected chi connectivity index (χ0v) is 19.3. The van der Waals surface area contributed by atoms with Gasteiger partial charge in [-0.3, -0.25) is 0 Å². The minimum atomic E-state index is -0.560. The Morgan fingerprint density at radius 2 is 1.73 bits per heavy atom. The van der Waals surface area contributed by atoms with Gasteiger partial charge in [0, 0.05) is 17.5 Å². The van der Waals surface area contributed by atoms with Crippen LogP contribution in [-0.4, -0.2) is 31.1 Å². The molecule has 1 heterocycles. The van der Waals surface area contributed by atoms with E-state index in [4.69, 9.17) is 14.2 Å². The number of nitrogens with zero attached hydrogens (tertiary/aromatic N) is 1. The molecular weight excluding hydrogens is 442 g/mol. The first-order valence-corrected chi connectivity index (χ1v) is 10.8. The highest BCUT2D eigenvalue weighted by Gasteiger charge is 2.09. The maximum absolute atomic E-state index is 12.3. The highest BCUT2D eigenvalue weighted by molar-refractivity contribution is 7.09. The van der Waals surface area contributed by atoms with Crippen LogP contribution >= 0.6 is 11.3 Å². The third-order valence-electron chi connectivity index (χ3n) is 4.33. The zero-order chi connectivity index (χ0) is 23.6. The SMILES string of the molecule is COC(=O)/C=C/c1ccc(OC(=O)/C=C/c2cccc(OCc3csc(C)n3)c2)c(OC)c1. The monoisotopic (exact) mass is 465 g/mol. The van der Waals surface area contributed by atoms with Crippen LogP contribution in [0, 0.1) is 6.92 Å². The van der Waals surface area contributed by atoms with Gasteiger partial charge in [0.2, 0.25) is 0 Å². The van der Waals surface area contributed by atoms with Crippen molar-refractivity contribution in [3.8, 4) is 17.2 Å². The third-order valence-corrected chi connectivity index (χ3v) is 5.16. The Bertz CT molecular complexity index is 1180. The second kappa shape index (κ2) is 11.6. The summed E-state index contributed by atoms with van der Waals surface area (Å²) in [6.45, 7) is 2.33. The smallest absolute Gasteiger partial charge is 0.336 e. The number of carbonyl (C=O) groups is 2. The van der Waals surface area contributed by atoms with E-state index in [1.807, 2.05) is 36.6 Å². The summed E-state index contributed by atoms with van der Waals surface area (Å²) in [4.78, 5) is 27.9. The van der Waals surface area contributed by atoms with Gasteiger partial charge >= 0.3 is 11.9 Å². The predicted molar refractivity (Wildman–Crippen MR) is 126 cm³/mol. The van der Waals surface area contributed by atoms with Crippen LogP contribution in [-0.2, 0) is 20.9 Å². The summed E-state index contributed by atoms with van der Waals surface area (Å²) in [5, 5.41) is 2.96. The van der Waals surface area contributed by atoms with Crippen molar-refractivity contribution in [2.24, 2.45) is 0 Å². The summed E-state index contributed by atoms with van der Waals surface area (Å²) < 4.78 is 21.0. The molecule has 7 nitrogen and oxygen atoms in total. The highest BCUT2D eigenvalue weighted by Crippen LogP contribution is 2.29. The lowest BCUT2D eigenvalue weighted by Crippen LogP contribution is -2.05. The summed E-state index contributed by atoms with van der Waals surface area (Å²) in [7, 11) is 2.77. The molecule has 0 aliphatic heterocycles. The number of hydrogen-bond acceptors (Lipinski definition) is 8. The molecule has 0 N–H and O–H groups in total.